The monoisotopic (exact) mass is 811 g/mol. The fourth-order valence-electron chi connectivity index (χ4n) is 14.0. The molecule has 1 nitrogen and oxygen atoms in total. The van der Waals surface area contributed by atoms with Crippen molar-refractivity contribution >= 4 is 0 Å². The molecular formula is C54H70F4O. The van der Waals surface area contributed by atoms with Crippen LogP contribution in [0.1, 0.15) is 153 Å². The van der Waals surface area contributed by atoms with Gasteiger partial charge in [-0.05, 0) is 121 Å². The average molecular weight is 811 g/mol. The lowest BCUT2D eigenvalue weighted by Gasteiger charge is -2.57. The van der Waals surface area contributed by atoms with E-state index in [0.29, 0.717) is 25.0 Å². The molecule has 0 unspecified atom stereocenters. The molecule has 6 aliphatic rings. The van der Waals surface area contributed by atoms with Gasteiger partial charge in [0, 0.05) is 22.7 Å². The molecule has 4 fully saturated rings. The predicted molar refractivity (Wildman–Crippen MR) is 233 cm³/mol. The summed E-state index contributed by atoms with van der Waals surface area (Å²) in [6, 6.07) is 9.29. The van der Waals surface area contributed by atoms with Crippen LogP contribution in [0.25, 0.3) is 0 Å². The molecule has 2 aromatic carbocycles. The number of ether oxygens (including phenoxy) is 1. The van der Waals surface area contributed by atoms with E-state index in [9.17, 15) is 8.78 Å². The minimum absolute atomic E-state index is 0.0320. The number of hydrogen-bond donors (Lipinski definition) is 0. The second-order valence-electron chi connectivity index (χ2n) is 20.0. The molecular weight excluding hydrogens is 741 g/mol. The van der Waals surface area contributed by atoms with Gasteiger partial charge in [0.15, 0.2) is 23.3 Å². The first-order valence-electron chi connectivity index (χ1n) is 23.9. The fraction of sp³-hybridized carbons (Fsp3) is 0.630. The molecule has 320 valence electrons. The smallest absolute Gasteiger partial charge is 0.159 e. The zero-order valence-electron chi connectivity index (χ0n) is 36.0. The van der Waals surface area contributed by atoms with Gasteiger partial charge in [-0.2, -0.15) is 0 Å². The maximum absolute atomic E-state index is 15.1. The summed E-state index contributed by atoms with van der Waals surface area (Å²) in [6.45, 7) is 5.70. The number of allylic oxidation sites excluding steroid dienone is 4. The summed E-state index contributed by atoms with van der Waals surface area (Å²) in [5, 5.41) is 0. The van der Waals surface area contributed by atoms with Gasteiger partial charge in [-0.3, -0.25) is 0 Å². The summed E-state index contributed by atoms with van der Waals surface area (Å²) in [5.41, 5.74) is 0.694. The topological polar surface area (TPSA) is 9.23 Å². The third-order valence-corrected chi connectivity index (χ3v) is 17.4. The van der Waals surface area contributed by atoms with Crippen molar-refractivity contribution in [3.8, 4) is 0 Å². The Bertz CT molecular complexity index is 1680. The van der Waals surface area contributed by atoms with Crippen LogP contribution in [0.3, 0.4) is 0 Å². The highest BCUT2D eigenvalue weighted by Crippen LogP contribution is 2.63. The molecule has 6 aliphatic carbocycles. The maximum Gasteiger partial charge on any atom is 0.159 e. The van der Waals surface area contributed by atoms with Crippen LogP contribution in [0.2, 0.25) is 0 Å². The summed E-state index contributed by atoms with van der Waals surface area (Å²) in [7, 11) is 0. The van der Waals surface area contributed by atoms with Crippen molar-refractivity contribution in [2.24, 2.45) is 46.3 Å². The standard InChI is InChI=1S/C54H70F4O/c1-3-39-11-15-43(16-12-39)51(27-7-5-8-28-51)53(45-19-21-47(55)49(57)35-45)31-23-41(24-32-53)37-59-38-42-25-33-54(34-26-42,46-20-22-48(56)50(58)36-46)52(29-9-6-10-30-52)44-17-13-40(4-2)14-18-44/h19-26,31-36,39-44H,3-18,27-30,37-38H2,1-2H3. The van der Waals surface area contributed by atoms with E-state index in [-0.39, 0.29) is 22.7 Å². The van der Waals surface area contributed by atoms with Crippen molar-refractivity contribution in [1.29, 1.82) is 0 Å². The highest BCUT2D eigenvalue weighted by atomic mass is 19.2. The van der Waals surface area contributed by atoms with E-state index in [2.05, 4.69) is 62.5 Å². The first kappa shape index (κ1) is 42.8. The largest absolute Gasteiger partial charge is 0.380 e. The van der Waals surface area contributed by atoms with Crippen molar-refractivity contribution in [2.45, 2.75) is 153 Å². The summed E-state index contributed by atoms with van der Waals surface area (Å²) in [5.74, 6) is -0.294. The Hall–Kier alpha value is -2.92. The maximum atomic E-state index is 15.1. The third kappa shape index (κ3) is 8.02. The second kappa shape index (κ2) is 18.2. The van der Waals surface area contributed by atoms with Crippen LogP contribution in [-0.4, -0.2) is 13.2 Å². The van der Waals surface area contributed by atoms with Crippen LogP contribution in [0.4, 0.5) is 17.6 Å². The predicted octanol–water partition coefficient (Wildman–Crippen LogP) is 15.3. The first-order chi connectivity index (χ1) is 28.7. The van der Waals surface area contributed by atoms with E-state index < -0.39 is 34.1 Å². The lowest BCUT2D eigenvalue weighted by atomic mass is 9.46. The average Bonchev–Trinajstić information content (AvgIpc) is 3.29. The Morgan fingerprint density at radius 2 is 0.831 bits per heavy atom. The van der Waals surface area contributed by atoms with Crippen LogP contribution < -0.4 is 0 Å². The van der Waals surface area contributed by atoms with Crippen molar-refractivity contribution in [2.75, 3.05) is 13.2 Å². The number of rotatable bonds is 12. The van der Waals surface area contributed by atoms with Gasteiger partial charge < -0.3 is 4.74 Å². The molecule has 8 rings (SSSR count). The minimum atomic E-state index is -0.791. The molecule has 0 atom stereocenters. The van der Waals surface area contributed by atoms with Gasteiger partial charge in [0.2, 0.25) is 0 Å². The molecule has 5 heteroatoms. The lowest BCUT2D eigenvalue weighted by Crippen LogP contribution is -2.51. The van der Waals surface area contributed by atoms with E-state index in [0.717, 1.165) is 48.6 Å². The zero-order valence-corrected chi connectivity index (χ0v) is 36.0. The van der Waals surface area contributed by atoms with Gasteiger partial charge in [-0.1, -0.05) is 152 Å². The van der Waals surface area contributed by atoms with Crippen LogP contribution >= 0.6 is 0 Å². The molecule has 0 heterocycles. The summed E-state index contributed by atoms with van der Waals surface area (Å²) < 4.78 is 65.6. The zero-order chi connectivity index (χ0) is 41.1. The molecule has 0 bridgehead atoms. The Balaban J connectivity index is 1.01. The van der Waals surface area contributed by atoms with Gasteiger partial charge in [-0.15, -0.1) is 0 Å². The summed E-state index contributed by atoms with van der Waals surface area (Å²) >= 11 is 0. The molecule has 59 heavy (non-hydrogen) atoms. The van der Waals surface area contributed by atoms with E-state index in [1.807, 2.05) is 12.1 Å². The van der Waals surface area contributed by atoms with Crippen LogP contribution in [0.5, 0.6) is 0 Å². The molecule has 0 saturated heterocycles. The third-order valence-electron chi connectivity index (χ3n) is 17.4. The molecule has 0 N–H and O–H groups in total. The Labute approximate surface area is 353 Å². The fourth-order valence-corrected chi connectivity index (χ4v) is 14.0. The van der Waals surface area contributed by atoms with Gasteiger partial charge in [0.25, 0.3) is 0 Å². The van der Waals surface area contributed by atoms with Crippen LogP contribution in [-0.2, 0) is 15.6 Å². The molecule has 0 aliphatic heterocycles. The van der Waals surface area contributed by atoms with Crippen molar-refractivity contribution in [1.82, 2.24) is 0 Å². The van der Waals surface area contributed by atoms with Crippen molar-refractivity contribution in [3.63, 3.8) is 0 Å². The van der Waals surface area contributed by atoms with Crippen LogP contribution in [0, 0.1) is 69.6 Å². The Morgan fingerprint density at radius 1 is 0.475 bits per heavy atom. The van der Waals surface area contributed by atoms with E-state index in [1.165, 1.54) is 127 Å². The second-order valence-corrected chi connectivity index (χ2v) is 20.0. The van der Waals surface area contributed by atoms with E-state index in [1.54, 1.807) is 0 Å². The summed E-state index contributed by atoms with van der Waals surface area (Å²) in [6.07, 6.45) is 42.5. The highest BCUT2D eigenvalue weighted by Gasteiger charge is 2.56. The molecule has 0 radical (unpaired) electrons. The molecule has 0 spiro atoms. The number of benzene rings is 2. The van der Waals surface area contributed by atoms with E-state index >= 15 is 8.78 Å². The van der Waals surface area contributed by atoms with Gasteiger partial charge in [0.05, 0.1) is 13.2 Å². The Morgan fingerprint density at radius 3 is 1.15 bits per heavy atom. The van der Waals surface area contributed by atoms with Gasteiger partial charge >= 0.3 is 0 Å². The lowest BCUT2D eigenvalue weighted by molar-refractivity contribution is 0.0105. The highest BCUT2D eigenvalue weighted by molar-refractivity contribution is 5.46. The molecule has 2 aromatic rings. The molecule has 0 aromatic heterocycles. The number of halogens is 4. The Kier molecular flexibility index (Phi) is 13.2. The summed E-state index contributed by atoms with van der Waals surface area (Å²) in [4.78, 5) is 0. The first-order valence-corrected chi connectivity index (χ1v) is 23.9. The SMILES string of the molecule is CCC1CCC(C2(C3(c4ccc(F)c(F)c4)C=CC(COCC4C=CC(c5ccc(F)c(F)c5)(C5(C6CCC(CC)CC6)CCCCC5)C=C4)C=C3)CCCCC2)CC1. The van der Waals surface area contributed by atoms with Crippen molar-refractivity contribution < 1.29 is 22.3 Å². The van der Waals surface area contributed by atoms with Gasteiger partial charge in [0.1, 0.15) is 0 Å². The molecule has 4 saturated carbocycles. The van der Waals surface area contributed by atoms with Gasteiger partial charge in [-0.25, -0.2) is 17.6 Å². The number of hydrogen-bond acceptors (Lipinski definition) is 1. The van der Waals surface area contributed by atoms with Crippen molar-refractivity contribution in [3.05, 3.63) is 119 Å². The van der Waals surface area contributed by atoms with E-state index in [4.69, 9.17) is 4.74 Å². The quantitative estimate of drug-likeness (QED) is 0.153. The molecule has 0 amide bonds. The normalized spacial score (nSPS) is 34.2. The minimum Gasteiger partial charge on any atom is -0.380 e. The van der Waals surface area contributed by atoms with Crippen LogP contribution in [0.15, 0.2) is 85.0 Å².